The van der Waals surface area contributed by atoms with E-state index in [1.54, 1.807) is 18.2 Å². The smallest absolute Gasteiger partial charge is 0.224 e. The largest absolute Gasteiger partial charge is 0.495 e. The van der Waals surface area contributed by atoms with Crippen molar-refractivity contribution in [1.82, 2.24) is 0 Å². The summed E-state index contributed by atoms with van der Waals surface area (Å²) in [4.78, 5) is 23.4. The van der Waals surface area contributed by atoms with Crippen LogP contribution in [0.3, 0.4) is 0 Å². The van der Waals surface area contributed by atoms with Crippen LogP contribution in [-0.4, -0.2) is 18.9 Å². The van der Waals surface area contributed by atoms with E-state index in [-0.39, 0.29) is 11.8 Å². The number of rotatable bonds is 6. The molecule has 0 heterocycles. The Morgan fingerprint density at radius 1 is 1.12 bits per heavy atom. The second-order valence-corrected chi connectivity index (χ2v) is 6.19. The Morgan fingerprint density at radius 2 is 1.92 bits per heavy atom. The molecule has 0 aliphatic heterocycles. The molecule has 0 saturated heterocycles. The van der Waals surface area contributed by atoms with Crippen LogP contribution in [-0.2, 0) is 16.0 Å². The number of benzene rings is 2. The summed E-state index contributed by atoms with van der Waals surface area (Å²) >= 11 is 3.42. The van der Waals surface area contributed by atoms with Gasteiger partial charge in [-0.3, -0.25) is 9.59 Å². The van der Waals surface area contributed by atoms with Gasteiger partial charge in [-0.1, -0.05) is 28.1 Å². The third-order valence-corrected chi connectivity index (χ3v) is 3.82. The molecule has 2 aromatic carbocycles. The summed E-state index contributed by atoms with van der Waals surface area (Å²) in [6, 6.07) is 13.0. The Balaban J connectivity index is 2.03. The minimum Gasteiger partial charge on any atom is -0.495 e. The average Bonchev–Trinajstić information content (AvgIpc) is 2.53. The van der Waals surface area contributed by atoms with E-state index in [9.17, 15) is 9.59 Å². The fourth-order valence-corrected chi connectivity index (χ4v) is 2.70. The topological polar surface area (TPSA) is 67.4 Å². The number of ether oxygens (including phenoxy) is 1. The first-order valence-electron chi connectivity index (χ1n) is 7.48. The highest BCUT2D eigenvalue weighted by atomic mass is 79.9. The number of amides is 2. The highest BCUT2D eigenvalue weighted by Crippen LogP contribution is 2.28. The first-order chi connectivity index (χ1) is 11.5. The van der Waals surface area contributed by atoms with Crippen molar-refractivity contribution >= 4 is 39.1 Å². The standard InChI is InChI=1S/C18H19BrN2O3/c1-12(22)20-15-7-8-17(24-2)16(11-15)21-18(23)9-6-13-4-3-5-14(19)10-13/h3-5,7-8,10-11H,6,9H2,1-2H3,(H,20,22)(H,21,23). The molecular weight excluding hydrogens is 372 g/mol. The van der Waals surface area contributed by atoms with Gasteiger partial charge >= 0.3 is 0 Å². The highest BCUT2D eigenvalue weighted by molar-refractivity contribution is 9.10. The molecule has 0 saturated carbocycles. The quantitative estimate of drug-likeness (QED) is 0.783. The maximum atomic E-state index is 12.2. The third-order valence-electron chi connectivity index (χ3n) is 3.32. The van der Waals surface area contributed by atoms with Crippen molar-refractivity contribution in [3.63, 3.8) is 0 Å². The zero-order chi connectivity index (χ0) is 17.5. The van der Waals surface area contributed by atoms with Gasteiger partial charge in [-0.05, 0) is 42.3 Å². The molecule has 0 spiro atoms. The highest BCUT2D eigenvalue weighted by Gasteiger charge is 2.10. The maximum Gasteiger partial charge on any atom is 0.224 e. The van der Waals surface area contributed by atoms with Crippen LogP contribution in [0.4, 0.5) is 11.4 Å². The Labute approximate surface area is 149 Å². The molecular formula is C18H19BrN2O3. The number of carbonyl (C=O) groups excluding carboxylic acids is 2. The van der Waals surface area contributed by atoms with Crippen molar-refractivity contribution in [1.29, 1.82) is 0 Å². The van der Waals surface area contributed by atoms with E-state index in [0.717, 1.165) is 10.0 Å². The lowest BCUT2D eigenvalue weighted by molar-refractivity contribution is -0.116. The van der Waals surface area contributed by atoms with Crippen LogP contribution in [0, 0.1) is 0 Å². The van der Waals surface area contributed by atoms with Crippen molar-refractivity contribution in [2.24, 2.45) is 0 Å². The van der Waals surface area contributed by atoms with Crippen LogP contribution in [0.25, 0.3) is 0 Å². The number of halogens is 1. The number of nitrogens with one attached hydrogen (secondary N) is 2. The Kier molecular flexibility index (Phi) is 6.37. The molecule has 0 aromatic heterocycles. The molecule has 2 rings (SSSR count). The van der Waals surface area contributed by atoms with Gasteiger partial charge in [0, 0.05) is 23.5 Å². The van der Waals surface area contributed by atoms with Gasteiger partial charge in [0.05, 0.1) is 12.8 Å². The molecule has 0 aliphatic rings. The van der Waals surface area contributed by atoms with Crippen molar-refractivity contribution in [3.05, 3.63) is 52.5 Å². The predicted octanol–water partition coefficient (Wildman–Crippen LogP) is 3.99. The van der Waals surface area contributed by atoms with Crippen LogP contribution in [0.5, 0.6) is 5.75 Å². The first-order valence-corrected chi connectivity index (χ1v) is 8.27. The molecule has 24 heavy (non-hydrogen) atoms. The van der Waals surface area contributed by atoms with E-state index < -0.39 is 0 Å². The summed E-state index contributed by atoms with van der Waals surface area (Å²) in [5.41, 5.74) is 2.21. The fourth-order valence-electron chi connectivity index (χ4n) is 2.25. The first kappa shape index (κ1) is 18.0. The van der Waals surface area contributed by atoms with Crippen molar-refractivity contribution in [2.45, 2.75) is 19.8 Å². The summed E-state index contributed by atoms with van der Waals surface area (Å²) < 4.78 is 6.24. The molecule has 0 bridgehead atoms. The molecule has 2 N–H and O–H groups in total. The Bertz CT molecular complexity index is 747. The average molecular weight is 391 g/mol. The molecule has 6 heteroatoms. The SMILES string of the molecule is COc1ccc(NC(C)=O)cc1NC(=O)CCc1cccc(Br)c1. The molecule has 2 amide bonds. The zero-order valence-electron chi connectivity index (χ0n) is 13.6. The number of aryl methyl sites for hydroxylation is 1. The van der Waals surface area contributed by atoms with Crippen molar-refractivity contribution < 1.29 is 14.3 Å². The van der Waals surface area contributed by atoms with Gasteiger partial charge in [0.15, 0.2) is 0 Å². The molecule has 126 valence electrons. The number of anilines is 2. The number of hydrogen-bond acceptors (Lipinski definition) is 3. The summed E-state index contributed by atoms with van der Waals surface area (Å²) in [6.45, 7) is 1.43. The second-order valence-electron chi connectivity index (χ2n) is 5.27. The molecule has 0 radical (unpaired) electrons. The van der Waals surface area contributed by atoms with E-state index in [0.29, 0.717) is 30.0 Å². The van der Waals surface area contributed by atoms with E-state index in [1.807, 2.05) is 24.3 Å². The van der Waals surface area contributed by atoms with Crippen molar-refractivity contribution in [3.8, 4) is 5.75 Å². The van der Waals surface area contributed by atoms with Gasteiger partial charge in [0.2, 0.25) is 11.8 Å². The van der Waals surface area contributed by atoms with Crippen LogP contribution in [0.1, 0.15) is 18.9 Å². The molecule has 2 aromatic rings. The second kappa shape index (κ2) is 8.49. The molecule has 5 nitrogen and oxygen atoms in total. The van der Waals surface area contributed by atoms with Gasteiger partial charge in [-0.15, -0.1) is 0 Å². The zero-order valence-corrected chi connectivity index (χ0v) is 15.1. The van der Waals surface area contributed by atoms with Crippen LogP contribution < -0.4 is 15.4 Å². The summed E-state index contributed by atoms with van der Waals surface area (Å²) in [7, 11) is 1.53. The van der Waals surface area contributed by atoms with Gasteiger partial charge < -0.3 is 15.4 Å². The number of methoxy groups -OCH3 is 1. The maximum absolute atomic E-state index is 12.2. The summed E-state index contributed by atoms with van der Waals surface area (Å²) in [6.07, 6.45) is 0.989. The lowest BCUT2D eigenvalue weighted by Gasteiger charge is -2.12. The summed E-state index contributed by atoms with van der Waals surface area (Å²) in [5, 5.41) is 5.52. The lowest BCUT2D eigenvalue weighted by atomic mass is 10.1. The van der Waals surface area contributed by atoms with E-state index in [1.165, 1.54) is 14.0 Å². The summed E-state index contributed by atoms with van der Waals surface area (Å²) in [5.74, 6) is 0.250. The van der Waals surface area contributed by atoms with E-state index in [2.05, 4.69) is 26.6 Å². The third kappa shape index (κ3) is 5.38. The van der Waals surface area contributed by atoms with E-state index in [4.69, 9.17) is 4.74 Å². The molecule has 0 unspecified atom stereocenters. The molecule has 0 fully saturated rings. The van der Waals surface area contributed by atoms with Crippen LogP contribution >= 0.6 is 15.9 Å². The normalized spacial score (nSPS) is 10.1. The number of carbonyl (C=O) groups is 2. The van der Waals surface area contributed by atoms with Crippen molar-refractivity contribution in [2.75, 3.05) is 17.7 Å². The lowest BCUT2D eigenvalue weighted by Crippen LogP contribution is -2.14. The Morgan fingerprint density at radius 3 is 2.58 bits per heavy atom. The Hall–Kier alpha value is -2.34. The van der Waals surface area contributed by atoms with Gasteiger partial charge in [-0.2, -0.15) is 0 Å². The van der Waals surface area contributed by atoms with Crippen LogP contribution in [0.15, 0.2) is 46.9 Å². The van der Waals surface area contributed by atoms with Gasteiger partial charge in [0.25, 0.3) is 0 Å². The van der Waals surface area contributed by atoms with Gasteiger partial charge in [-0.25, -0.2) is 0 Å². The molecule has 0 aliphatic carbocycles. The monoisotopic (exact) mass is 390 g/mol. The van der Waals surface area contributed by atoms with Crippen LogP contribution in [0.2, 0.25) is 0 Å². The van der Waals surface area contributed by atoms with Gasteiger partial charge in [0.1, 0.15) is 5.75 Å². The van der Waals surface area contributed by atoms with E-state index >= 15 is 0 Å². The molecule has 0 atom stereocenters. The minimum absolute atomic E-state index is 0.117. The fraction of sp³-hybridized carbons (Fsp3) is 0.222. The predicted molar refractivity (Wildman–Crippen MR) is 98.4 cm³/mol. The number of hydrogen-bond donors (Lipinski definition) is 2. The minimum atomic E-state index is -0.174.